The highest BCUT2D eigenvalue weighted by Crippen LogP contribution is 2.07. The topological polar surface area (TPSA) is 54.0 Å². The van der Waals surface area contributed by atoms with Crippen LogP contribution in [-0.2, 0) is 11.2 Å². The van der Waals surface area contributed by atoms with E-state index >= 15 is 0 Å². The van der Waals surface area contributed by atoms with Gasteiger partial charge in [-0.25, -0.2) is 4.98 Å². The molecule has 0 aromatic carbocycles. The van der Waals surface area contributed by atoms with Gasteiger partial charge < -0.3 is 10.6 Å². The Kier molecular flexibility index (Phi) is 5.42. The van der Waals surface area contributed by atoms with Crippen LogP contribution in [0.25, 0.3) is 0 Å². The SMILES string of the molecule is CNCC(C)C(=O)NCCc1csc(C)n1. The fourth-order valence-electron chi connectivity index (χ4n) is 1.41. The van der Waals surface area contributed by atoms with Gasteiger partial charge in [0.05, 0.1) is 10.7 Å². The molecule has 1 aromatic heterocycles. The van der Waals surface area contributed by atoms with Gasteiger partial charge in [0.1, 0.15) is 0 Å². The van der Waals surface area contributed by atoms with E-state index < -0.39 is 0 Å². The highest BCUT2D eigenvalue weighted by Gasteiger charge is 2.10. The lowest BCUT2D eigenvalue weighted by molar-refractivity contribution is -0.124. The first-order chi connectivity index (χ1) is 7.63. The normalized spacial score (nSPS) is 12.4. The van der Waals surface area contributed by atoms with Crippen molar-refractivity contribution in [2.24, 2.45) is 5.92 Å². The molecule has 0 aliphatic carbocycles. The Morgan fingerprint density at radius 1 is 1.62 bits per heavy atom. The molecule has 1 rings (SSSR count). The molecular formula is C11H19N3OS. The quantitative estimate of drug-likeness (QED) is 0.780. The van der Waals surface area contributed by atoms with E-state index in [1.807, 2.05) is 26.3 Å². The second-order valence-electron chi connectivity index (χ2n) is 3.86. The molecule has 5 heteroatoms. The lowest BCUT2D eigenvalue weighted by Crippen LogP contribution is -2.35. The van der Waals surface area contributed by atoms with Gasteiger partial charge in [0.25, 0.3) is 0 Å². The first kappa shape index (κ1) is 13.1. The number of carbonyl (C=O) groups is 1. The van der Waals surface area contributed by atoms with Gasteiger partial charge in [0.2, 0.25) is 5.91 Å². The Bertz CT molecular complexity index is 338. The monoisotopic (exact) mass is 241 g/mol. The second kappa shape index (κ2) is 6.60. The number of thiazole rings is 1. The van der Waals surface area contributed by atoms with Crippen molar-refractivity contribution in [2.75, 3.05) is 20.1 Å². The van der Waals surface area contributed by atoms with Gasteiger partial charge in [-0.05, 0) is 14.0 Å². The number of aryl methyl sites for hydroxylation is 1. The van der Waals surface area contributed by atoms with Crippen molar-refractivity contribution < 1.29 is 4.79 Å². The zero-order chi connectivity index (χ0) is 12.0. The zero-order valence-corrected chi connectivity index (χ0v) is 10.9. The van der Waals surface area contributed by atoms with Gasteiger partial charge in [-0.15, -0.1) is 11.3 Å². The maximum atomic E-state index is 11.6. The predicted octanol–water partition coefficient (Wildman–Crippen LogP) is 0.966. The number of hydrogen-bond donors (Lipinski definition) is 2. The molecule has 1 unspecified atom stereocenters. The molecule has 0 aliphatic heterocycles. The van der Waals surface area contributed by atoms with E-state index in [9.17, 15) is 4.79 Å². The van der Waals surface area contributed by atoms with Crippen LogP contribution in [-0.4, -0.2) is 31.0 Å². The summed E-state index contributed by atoms with van der Waals surface area (Å²) < 4.78 is 0. The smallest absolute Gasteiger partial charge is 0.224 e. The maximum absolute atomic E-state index is 11.6. The van der Waals surface area contributed by atoms with Gasteiger partial charge in [0.15, 0.2) is 0 Å². The molecule has 1 amide bonds. The predicted molar refractivity (Wildman–Crippen MR) is 66.7 cm³/mol. The minimum Gasteiger partial charge on any atom is -0.355 e. The largest absolute Gasteiger partial charge is 0.355 e. The minimum atomic E-state index is 0.0159. The Morgan fingerprint density at radius 2 is 2.38 bits per heavy atom. The Labute approximate surface area is 100 Å². The second-order valence-corrected chi connectivity index (χ2v) is 4.92. The van der Waals surface area contributed by atoms with E-state index in [2.05, 4.69) is 15.6 Å². The number of amides is 1. The van der Waals surface area contributed by atoms with Crippen LogP contribution in [0.1, 0.15) is 17.6 Å². The Balaban J connectivity index is 2.22. The van der Waals surface area contributed by atoms with Gasteiger partial charge in [-0.1, -0.05) is 6.92 Å². The fraction of sp³-hybridized carbons (Fsp3) is 0.636. The maximum Gasteiger partial charge on any atom is 0.224 e. The summed E-state index contributed by atoms with van der Waals surface area (Å²) in [4.78, 5) is 15.9. The summed E-state index contributed by atoms with van der Waals surface area (Å²) in [6.07, 6.45) is 0.808. The van der Waals surface area contributed by atoms with Crippen molar-refractivity contribution in [3.63, 3.8) is 0 Å². The van der Waals surface area contributed by atoms with Crippen LogP contribution in [0.4, 0.5) is 0 Å². The van der Waals surface area contributed by atoms with Crippen molar-refractivity contribution in [1.82, 2.24) is 15.6 Å². The molecule has 0 radical (unpaired) electrons. The van der Waals surface area contributed by atoms with E-state index in [-0.39, 0.29) is 11.8 Å². The van der Waals surface area contributed by atoms with E-state index in [0.717, 1.165) is 17.1 Å². The van der Waals surface area contributed by atoms with Gasteiger partial charge in [0, 0.05) is 30.8 Å². The third-order valence-corrected chi connectivity index (χ3v) is 3.13. The molecule has 0 aliphatic rings. The molecule has 0 saturated heterocycles. The lowest BCUT2D eigenvalue weighted by atomic mass is 10.1. The van der Waals surface area contributed by atoms with E-state index in [0.29, 0.717) is 13.1 Å². The molecule has 0 saturated carbocycles. The molecule has 1 atom stereocenters. The molecule has 0 spiro atoms. The van der Waals surface area contributed by atoms with Gasteiger partial charge in [-0.2, -0.15) is 0 Å². The van der Waals surface area contributed by atoms with E-state index in [1.165, 1.54) is 0 Å². The van der Waals surface area contributed by atoms with E-state index in [4.69, 9.17) is 0 Å². The van der Waals surface area contributed by atoms with Crippen LogP contribution in [0, 0.1) is 12.8 Å². The Hall–Kier alpha value is -0.940. The fourth-order valence-corrected chi connectivity index (χ4v) is 2.06. The molecule has 1 aromatic rings. The number of nitrogens with zero attached hydrogens (tertiary/aromatic N) is 1. The summed E-state index contributed by atoms with van der Waals surface area (Å²) in [5.41, 5.74) is 1.06. The summed E-state index contributed by atoms with van der Waals surface area (Å²) in [7, 11) is 1.85. The summed E-state index contributed by atoms with van der Waals surface area (Å²) in [6, 6.07) is 0. The van der Waals surface area contributed by atoms with Crippen LogP contribution in [0.15, 0.2) is 5.38 Å². The first-order valence-electron chi connectivity index (χ1n) is 5.46. The average molecular weight is 241 g/mol. The molecule has 0 fully saturated rings. The molecule has 16 heavy (non-hydrogen) atoms. The van der Waals surface area contributed by atoms with Gasteiger partial charge in [-0.3, -0.25) is 4.79 Å². The summed E-state index contributed by atoms with van der Waals surface area (Å²) in [6.45, 7) is 5.28. The van der Waals surface area contributed by atoms with Crippen LogP contribution >= 0.6 is 11.3 Å². The van der Waals surface area contributed by atoms with Crippen molar-refractivity contribution >= 4 is 17.2 Å². The number of rotatable bonds is 6. The molecule has 4 nitrogen and oxygen atoms in total. The summed E-state index contributed by atoms with van der Waals surface area (Å²) in [5, 5.41) is 9.01. The standard InChI is InChI=1S/C11H19N3OS/c1-8(6-12-3)11(15)13-5-4-10-7-16-9(2)14-10/h7-8,12H,4-6H2,1-3H3,(H,13,15). The molecule has 1 heterocycles. The number of nitrogens with one attached hydrogen (secondary N) is 2. The van der Waals surface area contributed by atoms with Crippen LogP contribution in [0.3, 0.4) is 0 Å². The van der Waals surface area contributed by atoms with Crippen LogP contribution < -0.4 is 10.6 Å². The van der Waals surface area contributed by atoms with Crippen LogP contribution in [0.2, 0.25) is 0 Å². The van der Waals surface area contributed by atoms with Crippen molar-refractivity contribution in [3.05, 3.63) is 16.1 Å². The Morgan fingerprint density at radius 3 is 2.94 bits per heavy atom. The number of hydrogen-bond acceptors (Lipinski definition) is 4. The number of carbonyl (C=O) groups excluding carboxylic acids is 1. The first-order valence-corrected chi connectivity index (χ1v) is 6.34. The summed E-state index contributed by atoms with van der Waals surface area (Å²) >= 11 is 1.64. The highest BCUT2D eigenvalue weighted by atomic mass is 32.1. The number of aromatic nitrogens is 1. The third-order valence-electron chi connectivity index (χ3n) is 2.30. The van der Waals surface area contributed by atoms with Crippen molar-refractivity contribution in [2.45, 2.75) is 20.3 Å². The summed E-state index contributed by atoms with van der Waals surface area (Å²) in [5.74, 6) is 0.114. The average Bonchev–Trinajstić information content (AvgIpc) is 2.64. The van der Waals surface area contributed by atoms with E-state index in [1.54, 1.807) is 11.3 Å². The third kappa shape index (κ3) is 4.28. The molecular weight excluding hydrogens is 222 g/mol. The zero-order valence-electron chi connectivity index (χ0n) is 10.0. The highest BCUT2D eigenvalue weighted by molar-refractivity contribution is 7.09. The van der Waals surface area contributed by atoms with Crippen LogP contribution in [0.5, 0.6) is 0 Å². The molecule has 90 valence electrons. The minimum absolute atomic E-state index is 0.0159. The molecule has 2 N–H and O–H groups in total. The molecule has 0 bridgehead atoms. The van der Waals surface area contributed by atoms with Crippen molar-refractivity contribution in [3.8, 4) is 0 Å². The van der Waals surface area contributed by atoms with Crippen molar-refractivity contribution in [1.29, 1.82) is 0 Å². The van der Waals surface area contributed by atoms with Gasteiger partial charge >= 0.3 is 0 Å². The lowest BCUT2D eigenvalue weighted by Gasteiger charge is -2.10.